The van der Waals surface area contributed by atoms with Crippen LogP contribution in [0, 0.1) is 10.1 Å². The van der Waals surface area contributed by atoms with Crippen molar-refractivity contribution in [1.82, 2.24) is 5.32 Å². The van der Waals surface area contributed by atoms with Gasteiger partial charge in [-0.3, -0.25) is 24.0 Å². The number of nitrogens with zero attached hydrogens (tertiary/aromatic N) is 2. The molecule has 2 amide bonds. The lowest BCUT2D eigenvalue weighted by Gasteiger charge is -2.24. The van der Waals surface area contributed by atoms with Crippen molar-refractivity contribution in [1.29, 1.82) is 0 Å². The van der Waals surface area contributed by atoms with E-state index in [1.165, 1.54) is 30.3 Å². The minimum Gasteiger partial charge on any atom is -0.350 e. The molecule has 0 saturated carbocycles. The van der Waals surface area contributed by atoms with E-state index in [2.05, 4.69) is 10.6 Å². The third kappa shape index (κ3) is 6.05. The van der Waals surface area contributed by atoms with Crippen LogP contribution in [0.2, 0.25) is 0 Å². The van der Waals surface area contributed by atoms with E-state index in [9.17, 15) is 28.1 Å². The van der Waals surface area contributed by atoms with Gasteiger partial charge in [0, 0.05) is 12.1 Å². The number of carbonyl (C=O) groups excluding carboxylic acids is 2. The first-order chi connectivity index (χ1) is 17.1. The van der Waals surface area contributed by atoms with Gasteiger partial charge in [-0.1, -0.05) is 49.4 Å². The lowest BCUT2D eigenvalue weighted by molar-refractivity contribution is -0.387. The van der Waals surface area contributed by atoms with Crippen LogP contribution in [0.1, 0.15) is 30.6 Å². The number of sulfonamides is 1. The Hall–Kier alpha value is -4.25. The fourth-order valence-corrected chi connectivity index (χ4v) is 4.95. The maximum Gasteiger partial charge on any atom is 0.289 e. The predicted octanol–water partition coefficient (Wildman–Crippen LogP) is 3.96. The van der Waals surface area contributed by atoms with Crippen LogP contribution in [-0.4, -0.2) is 37.7 Å². The van der Waals surface area contributed by atoms with Crippen LogP contribution in [0.4, 0.5) is 17.1 Å². The SMILES string of the molecule is CC[C@H](C)NC(=O)c1ccccc1NC(=O)CN(c1ccccc1)S(=O)(=O)c1ccccc1[N+](=O)[O-]. The Bertz CT molecular complexity index is 1360. The van der Waals surface area contributed by atoms with Gasteiger partial charge in [0.2, 0.25) is 5.91 Å². The molecule has 10 nitrogen and oxygen atoms in total. The zero-order valence-corrected chi connectivity index (χ0v) is 20.6. The second-order valence-electron chi connectivity index (χ2n) is 7.95. The molecule has 0 saturated heterocycles. The maximum absolute atomic E-state index is 13.6. The summed E-state index contributed by atoms with van der Waals surface area (Å²) in [6.45, 7) is 3.10. The summed E-state index contributed by atoms with van der Waals surface area (Å²) in [7, 11) is -4.51. The van der Waals surface area contributed by atoms with E-state index in [0.29, 0.717) is 0 Å². The number of hydrogen-bond donors (Lipinski definition) is 2. The molecule has 0 bridgehead atoms. The Morgan fingerprint density at radius 3 is 2.25 bits per heavy atom. The molecule has 3 rings (SSSR count). The summed E-state index contributed by atoms with van der Waals surface area (Å²) >= 11 is 0. The molecular weight excluding hydrogens is 484 g/mol. The standard InChI is InChI=1S/C25H26N4O6S/c1-3-18(2)26-25(31)20-13-7-8-14-21(20)27-24(30)17-28(19-11-5-4-6-12-19)36(34,35)23-16-10-9-15-22(23)29(32)33/h4-16,18H,3,17H2,1-2H3,(H,26,31)(H,27,30)/t18-/m0/s1. The largest absolute Gasteiger partial charge is 0.350 e. The van der Waals surface area contributed by atoms with E-state index in [0.717, 1.165) is 22.9 Å². The van der Waals surface area contributed by atoms with Crippen molar-refractivity contribution in [2.45, 2.75) is 31.2 Å². The van der Waals surface area contributed by atoms with Crippen molar-refractivity contribution in [3.8, 4) is 0 Å². The van der Waals surface area contributed by atoms with Crippen LogP contribution in [0.25, 0.3) is 0 Å². The second-order valence-corrected chi connectivity index (χ2v) is 9.78. The number of anilines is 2. The molecule has 36 heavy (non-hydrogen) atoms. The van der Waals surface area contributed by atoms with Crippen LogP contribution in [0.5, 0.6) is 0 Å². The zero-order chi connectivity index (χ0) is 26.3. The molecule has 1 atom stereocenters. The van der Waals surface area contributed by atoms with Gasteiger partial charge in [0.05, 0.1) is 21.9 Å². The van der Waals surface area contributed by atoms with E-state index in [1.807, 2.05) is 13.8 Å². The predicted molar refractivity (Wildman–Crippen MR) is 136 cm³/mol. The molecule has 0 aliphatic heterocycles. The van der Waals surface area contributed by atoms with Gasteiger partial charge in [0.1, 0.15) is 6.54 Å². The molecule has 3 aromatic rings. The Labute approximate surface area is 209 Å². The van der Waals surface area contributed by atoms with Crippen molar-refractivity contribution < 1.29 is 22.9 Å². The van der Waals surface area contributed by atoms with Gasteiger partial charge in [-0.05, 0) is 43.7 Å². The van der Waals surface area contributed by atoms with E-state index in [4.69, 9.17) is 0 Å². The molecule has 188 valence electrons. The average Bonchev–Trinajstić information content (AvgIpc) is 2.87. The van der Waals surface area contributed by atoms with E-state index < -0.39 is 38.0 Å². The molecule has 0 fully saturated rings. The van der Waals surface area contributed by atoms with Gasteiger partial charge >= 0.3 is 0 Å². The monoisotopic (exact) mass is 510 g/mol. The van der Waals surface area contributed by atoms with E-state index in [1.54, 1.807) is 36.4 Å². The van der Waals surface area contributed by atoms with Crippen molar-refractivity contribution in [2.24, 2.45) is 0 Å². The van der Waals surface area contributed by atoms with Crippen LogP contribution in [-0.2, 0) is 14.8 Å². The summed E-state index contributed by atoms with van der Waals surface area (Å²) in [4.78, 5) is 35.9. The molecule has 0 radical (unpaired) electrons. The molecule has 0 aromatic heterocycles. The number of rotatable bonds is 10. The summed E-state index contributed by atoms with van der Waals surface area (Å²) in [5, 5.41) is 16.9. The van der Waals surface area contributed by atoms with Crippen molar-refractivity contribution in [2.75, 3.05) is 16.2 Å². The van der Waals surface area contributed by atoms with Crippen LogP contribution < -0.4 is 14.9 Å². The minimum absolute atomic E-state index is 0.0818. The average molecular weight is 511 g/mol. The number of para-hydroxylation sites is 3. The van der Waals surface area contributed by atoms with Crippen molar-refractivity contribution in [3.63, 3.8) is 0 Å². The Kier molecular flexibility index (Phi) is 8.38. The summed E-state index contributed by atoms with van der Waals surface area (Å²) in [5.41, 5.74) is -0.0298. The van der Waals surface area contributed by atoms with Crippen LogP contribution in [0.3, 0.4) is 0 Å². The summed E-state index contributed by atoms with van der Waals surface area (Å²) in [6, 6.07) is 19.0. The highest BCUT2D eigenvalue weighted by Crippen LogP contribution is 2.29. The number of benzene rings is 3. The third-order valence-corrected chi connectivity index (χ3v) is 7.22. The summed E-state index contributed by atoms with van der Waals surface area (Å²) < 4.78 is 27.9. The van der Waals surface area contributed by atoms with E-state index >= 15 is 0 Å². The normalized spacial score (nSPS) is 11.8. The topological polar surface area (TPSA) is 139 Å². The molecule has 11 heteroatoms. The lowest BCUT2D eigenvalue weighted by atomic mass is 10.1. The molecule has 0 aliphatic carbocycles. The Morgan fingerprint density at radius 2 is 1.58 bits per heavy atom. The number of nitrogens with one attached hydrogen (secondary N) is 2. The van der Waals surface area contributed by atoms with Crippen LogP contribution >= 0.6 is 0 Å². The summed E-state index contributed by atoms with van der Waals surface area (Å²) in [5.74, 6) is -1.11. The third-order valence-electron chi connectivity index (χ3n) is 5.40. The zero-order valence-electron chi connectivity index (χ0n) is 19.7. The van der Waals surface area contributed by atoms with Crippen LogP contribution in [0.15, 0.2) is 83.8 Å². The van der Waals surface area contributed by atoms with Gasteiger partial charge in [-0.2, -0.15) is 0 Å². The first-order valence-corrected chi connectivity index (χ1v) is 12.6. The van der Waals surface area contributed by atoms with Crippen molar-refractivity contribution >= 4 is 38.9 Å². The molecule has 0 aliphatic rings. The fraction of sp³-hybridized carbons (Fsp3) is 0.200. The van der Waals surface area contributed by atoms with Gasteiger partial charge in [0.15, 0.2) is 4.90 Å². The van der Waals surface area contributed by atoms with Crippen molar-refractivity contribution in [3.05, 3.63) is 94.5 Å². The number of carbonyl (C=O) groups is 2. The Morgan fingerprint density at radius 1 is 0.972 bits per heavy atom. The minimum atomic E-state index is -4.51. The molecule has 0 unspecified atom stereocenters. The molecule has 2 N–H and O–H groups in total. The first-order valence-electron chi connectivity index (χ1n) is 11.2. The fourth-order valence-electron chi connectivity index (χ4n) is 3.37. The van der Waals surface area contributed by atoms with Gasteiger partial charge in [-0.25, -0.2) is 8.42 Å². The quantitative estimate of drug-likeness (QED) is 0.313. The molecule has 0 heterocycles. The molecular formula is C25H26N4O6S. The highest BCUT2D eigenvalue weighted by Gasteiger charge is 2.33. The van der Waals surface area contributed by atoms with Gasteiger partial charge < -0.3 is 10.6 Å². The van der Waals surface area contributed by atoms with Gasteiger partial charge in [-0.15, -0.1) is 0 Å². The summed E-state index contributed by atoms with van der Waals surface area (Å²) in [6.07, 6.45) is 0.718. The number of nitro groups is 1. The van der Waals surface area contributed by atoms with Gasteiger partial charge in [0.25, 0.3) is 21.6 Å². The molecule has 0 spiro atoms. The number of amides is 2. The smallest absolute Gasteiger partial charge is 0.289 e. The first kappa shape index (κ1) is 26.4. The molecule has 3 aromatic carbocycles. The number of hydrogen-bond acceptors (Lipinski definition) is 6. The lowest BCUT2D eigenvalue weighted by Crippen LogP contribution is -2.39. The maximum atomic E-state index is 13.6. The highest BCUT2D eigenvalue weighted by atomic mass is 32.2. The Balaban J connectivity index is 1.95. The second kappa shape index (κ2) is 11.5. The highest BCUT2D eigenvalue weighted by molar-refractivity contribution is 7.93. The number of nitro benzene ring substituents is 1. The van der Waals surface area contributed by atoms with E-state index in [-0.39, 0.29) is 28.9 Å².